The highest BCUT2D eigenvalue weighted by molar-refractivity contribution is 7.20. The van der Waals surface area contributed by atoms with Crippen LogP contribution in [0, 0.1) is 6.92 Å². The summed E-state index contributed by atoms with van der Waals surface area (Å²) in [5, 5.41) is 11.2. The molecule has 4 aromatic rings. The number of nitrogens with zero attached hydrogens (tertiary/aromatic N) is 2. The van der Waals surface area contributed by atoms with Crippen LogP contribution in [0.3, 0.4) is 0 Å². The fourth-order valence-electron chi connectivity index (χ4n) is 2.58. The first-order valence-corrected chi connectivity index (χ1v) is 11.9. The Morgan fingerprint density at radius 3 is 2.78 bits per heavy atom. The molecule has 0 aliphatic rings. The van der Waals surface area contributed by atoms with Gasteiger partial charge in [0.25, 0.3) is 0 Å². The van der Waals surface area contributed by atoms with Crippen molar-refractivity contribution < 1.29 is 4.79 Å². The Morgan fingerprint density at radius 1 is 1.07 bits per heavy atom. The van der Waals surface area contributed by atoms with Gasteiger partial charge in [0.15, 0.2) is 0 Å². The summed E-state index contributed by atoms with van der Waals surface area (Å²) in [5.41, 5.74) is 1.88. The molecule has 0 saturated carbocycles. The third kappa shape index (κ3) is 4.70. The maximum absolute atomic E-state index is 12.2. The van der Waals surface area contributed by atoms with Crippen LogP contribution in [0.2, 0.25) is 0 Å². The van der Waals surface area contributed by atoms with Gasteiger partial charge >= 0.3 is 0 Å². The SMILES string of the molecule is Cc1nc(-c2ccc(CCNC(=O)Cc3csc(-c4cccs4)n3)s2)cs1. The average molecular weight is 432 g/mol. The topological polar surface area (TPSA) is 54.9 Å². The molecule has 27 heavy (non-hydrogen) atoms. The zero-order chi connectivity index (χ0) is 18.6. The van der Waals surface area contributed by atoms with Crippen molar-refractivity contribution in [1.29, 1.82) is 0 Å². The number of aromatic nitrogens is 2. The summed E-state index contributed by atoms with van der Waals surface area (Å²) < 4.78 is 0. The van der Waals surface area contributed by atoms with E-state index in [1.165, 1.54) is 9.75 Å². The Bertz CT molecular complexity index is 1030. The number of hydrogen-bond donors (Lipinski definition) is 1. The summed E-state index contributed by atoms with van der Waals surface area (Å²) in [6.07, 6.45) is 1.16. The molecule has 0 atom stereocenters. The maximum atomic E-state index is 12.2. The standard InChI is InChI=1S/C19H17N3OS4/c1-12-21-15(11-25-12)16-5-4-14(27-16)6-7-20-18(23)9-13-10-26-19(22-13)17-3-2-8-24-17/h2-5,8,10-11H,6-7,9H2,1H3,(H,20,23). The number of thiophene rings is 2. The van der Waals surface area contributed by atoms with Gasteiger partial charge in [0, 0.05) is 22.2 Å². The second kappa shape index (κ2) is 8.43. The summed E-state index contributed by atoms with van der Waals surface area (Å²) in [6, 6.07) is 8.29. The predicted octanol–water partition coefficient (Wildman–Crippen LogP) is 5.27. The number of carbonyl (C=O) groups excluding carboxylic acids is 1. The zero-order valence-electron chi connectivity index (χ0n) is 14.6. The van der Waals surface area contributed by atoms with Crippen molar-refractivity contribution in [2.45, 2.75) is 19.8 Å². The third-order valence-electron chi connectivity index (χ3n) is 3.85. The minimum atomic E-state index is 0.0185. The number of nitrogens with one attached hydrogen (secondary N) is 1. The molecule has 4 nitrogen and oxygen atoms in total. The average Bonchev–Trinajstić information content (AvgIpc) is 3.42. The van der Waals surface area contributed by atoms with Crippen molar-refractivity contribution in [3.8, 4) is 20.5 Å². The van der Waals surface area contributed by atoms with Gasteiger partial charge < -0.3 is 5.32 Å². The largest absolute Gasteiger partial charge is 0.355 e. The van der Waals surface area contributed by atoms with Crippen molar-refractivity contribution >= 4 is 51.3 Å². The first-order valence-electron chi connectivity index (χ1n) is 8.43. The van der Waals surface area contributed by atoms with Gasteiger partial charge in [-0.3, -0.25) is 4.79 Å². The van der Waals surface area contributed by atoms with Crippen LogP contribution in [0.15, 0.2) is 40.4 Å². The van der Waals surface area contributed by atoms with Crippen LogP contribution >= 0.6 is 45.3 Å². The van der Waals surface area contributed by atoms with Crippen LogP contribution in [0.5, 0.6) is 0 Å². The van der Waals surface area contributed by atoms with Crippen LogP contribution in [-0.2, 0) is 17.6 Å². The molecule has 0 aliphatic carbocycles. The normalized spacial score (nSPS) is 11.0. The highest BCUT2D eigenvalue weighted by atomic mass is 32.1. The Hall–Kier alpha value is -1.87. The monoisotopic (exact) mass is 431 g/mol. The van der Waals surface area contributed by atoms with Gasteiger partial charge in [-0.15, -0.1) is 45.3 Å². The molecule has 0 aromatic carbocycles. The molecule has 1 amide bonds. The van der Waals surface area contributed by atoms with E-state index < -0.39 is 0 Å². The highest BCUT2D eigenvalue weighted by Gasteiger charge is 2.10. The molecule has 0 aliphatic heterocycles. The van der Waals surface area contributed by atoms with Crippen molar-refractivity contribution in [2.24, 2.45) is 0 Å². The minimum Gasteiger partial charge on any atom is -0.355 e. The first-order chi connectivity index (χ1) is 13.2. The van der Waals surface area contributed by atoms with Crippen molar-refractivity contribution in [3.05, 3.63) is 56.0 Å². The number of aryl methyl sites for hydroxylation is 1. The number of hydrogen-bond acceptors (Lipinski definition) is 7. The zero-order valence-corrected chi connectivity index (χ0v) is 17.9. The molecular weight excluding hydrogens is 414 g/mol. The van der Waals surface area contributed by atoms with Crippen molar-refractivity contribution in [3.63, 3.8) is 0 Å². The molecule has 4 heterocycles. The third-order valence-corrected chi connectivity index (χ3v) is 7.72. The van der Waals surface area contributed by atoms with E-state index in [0.29, 0.717) is 13.0 Å². The molecule has 0 radical (unpaired) electrons. The van der Waals surface area contributed by atoms with E-state index >= 15 is 0 Å². The molecule has 8 heteroatoms. The number of amides is 1. The number of thiazole rings is 2. The van der Waals surface area contributed by atoms with Crippen LogP contribution in [-0.4, -0.2) is 22.4 Å². The molecular formula is C19H17N3OS4. The summed E-state index contributed by atoms with van der Waals surface area (Å²) in [4.78, 5) is 24.9. The Kier molecular flexibility index (Phi) is 5.77. The second-order valence-corrected chi connectivity index (χ2v) is 9.95. The van der Waals surface area contributed by atoms with E-state index in [4.69, 9.17) is 0 Å². The smallest absolute Gasteiger partial charge is 0.226 e. The van der Waals surface area contributed by atoms with E-state index in [0.717, 1.165) is 32.7 Å². The van der Waals surface area contributed by atoms with Gasteiger partial charge in [0.1, 0.15) is 5.01 Å². The van der Waals surface area contributed by atoms with Crippen LogP contribution in [0.4, 0.5) is 0 Å². The fourth-order valence-corrected chi connectivity index (χ4v) is 5.87. The van der Waals surface area contributed by atoms with Crippen LogP contribution < -0.4 is 5.32 Å². The molecule has 0 spiro atoms. The number of carbonyl (C=O) groups is 1. The lowest BCUT2D eigenvalue weighted by atomic mass is 10.3. The maximum Gasteiger partial charge on any atom is 0.226 e. The molecule has 0 saturated heterocycles. The Balaban J connectivity index is 1.26. The summed E-state index contributed by atoms with van der Waals surface area (Å²) in [7, 11) is 0. The van der Waals surface area contributed by atoms with Gasteiger partial charge in [-0.1, -0.05) is 6.07 Å². The molecule has 4 aromatic heterocycles. The fraction of sp³-hybridized carbons (Fsp3) is 0.211. The lowest BCUT2D eigenvalue weighted by Gasteiger charge is -2.02. The van der Waals surface area contributed by atoms with Gasteiger partial charge in [-0.05, 0) is 36.9 Å². The van der Waals surface area contributed by atoms with Crippen LogP contribution in [0.1, 0.15) is 15.6 Å². The highest BCUT2D eigenvalue weighted by Crippen LogP contribution is 2.29. The van der Waals surface area contributed by atoms with Gasteiger partial charge in [0.05, 0.1) is 32.6 Å². The van der Waals surface area contributed by atoms with Gasteiger partial charge in [-0.2, -0.15) is 0 Å². The summed E-state index contributed by atoms with van der Waals surface area (Å²) >= 11 is 6.66. The predicted molar refractivity (Wildman–Crippen MR) is 116 cm³/mol. The molecule has 0 bridgehead atoms. The van der Waals surface area contributed by atoms with E-state index in [9.17, 15) is 4.79 Å². The van der Waals surface area contributed by atoms with E-state index in [2.05, 4.69) is 38.9 Å². The first kappa shape index (κ1) is 18.5. The lowest BCUT2D eigenvalue weighted by Crippen LogP contribution is -2.27. The Morgan fingerprint density at radius 2 is 2.00 bits per heavy atom. The molecule has 1 N–H and O–H groups in total. The second-order valence-electron chi connectivity index (χ2n) is 5.92. The van der Waals surface area contributed by atoms with Crippen molar-refractivity contribution in [2.75, 3.05) is 6.54 Å². The molecule has 0 unspecified atom stereocenters. The summed E-state index contributed by atoms with van der Waals surface area (Å²) in [6.45, 7) is 2.65. The van der Waals surface area contributed by atoms with E-state index in [1.807, 2.05) is 23.8 Å². The summed E-state index contributed by atoms with van der Waals surface area (Å²) in [5.74, 6) is 0.0185. The van der Waals surface area contributed by atoms with Crippen LogP contribution in [0.25, 0.3) is 20.5 Å². The van der Waals surface area contributed by atoms with E-state index in [1.54, 1.807) is 45.3 Å². The van der Waals surface area contributed by atoms with Crippen molar-refractivity contribution in [1.82, 2.24) is 15.3 Å². The number of rotatable bonds is 7. The minimum absolute atomic E-state index is 0.0185. The molecule has 138 valence electrons. The lowest BCUT2D eigenvalue weighted by molar-refractivity contribution is -0.120. The molecule has 4 rings (SSSR count). The Labute approximate surface area is 173 Å². The van der Waals surface area contributed by atoms with E-state index in [-0.39, 0.29) is 5.91 Å². The van der Waals surface area contributed by atoms with Gasteiger partial charge in [-0.25, -0.2) is 9.97 Å². The molecule has 0 fully saturated rings. The quantitative estimate of drug-likeness (QED) is 0.434. The van der Waals surface area contributed by atoms with Gasteiger partial charge in [0.2, 0.25) is 5.91 Å².